The van der Waals surface area contributed by atoms with Gasteiger partial charge in [-0.3, -0.25) is 4.79 Å². The van der Waals surface area contributed by atoms with Crippen LogP contribution in [0.4, 0.5) is 0 Å². The highest BCUT2D eigenvalue weighted by Crippen LogP contribution is 2.29. The third-order valence-corrected chi connectivity index (χ3v) is 3.50. The molecule has 1 fully saturated rings. The first-order chi connectivity index (χ1) is 9.06. The number of carboxylic acid groups (broad SMARTS) is 1. The van der Waals surface area contributed by atoms with Crippen molar-refractivity contribution in [3.8, 4) is 0 Å². The second kappa shape index (κ2) is 7.94. The van der Waals surface area contributed by atoms with Crippen molar-refractivity contribution in [2.45, 2.75) is 51.0 Å². The van der Waals surface area contributed by atoms with Gasteiger partial charge >= 0.3 is 11.9 Å². The Kier molecular flexibility index (Phi) is 6.56. The molecule has 0 aromatic carbocycles. The summed E-state index contributed by atoms with van der Waals surface area (Å²) in [5.41, 5.74) is 0.0950. The fourth-order valence-electron chi connectivity index (χ4n) is 2.40. The number of rotatable bonds is 7. The molecule has 0 bridgehead atoms. The third-order valence-electron chi connectivity index (χ3n) is 3.50. The number of hydrogen-bond acceptors (Lipinski definition) is 4. The molecule has 0 aromatic heterocycles. The minimum Gasteiger partial charge on any atom is -0.478 e. The van der Waals surface area contributed by atoms with Gasteiger partial charge < -0.3 is 14.9 Å². The topological polar surface area (TPSA) is 83.8 Å². The van der Waals surface area contributed by atoms with Crippen LogP contribution in [0.15, 0.2) is 12.2 Å². The van der Waals surface area contributed by atoms with E-state index >= 15 is 0 Å². The van der Waals surface area contributed by atoms with Crippen LogP contribution in [0.2, 0.25) is 0 Å². The molecule has 1 saturated heterocycles. The molecule has 5 heteroatoms. The fraction of sp³-hybridized carbons (Fsp3) is 0.714. The van der Waals surface area contributed by atoms with Crippen molar-refractivity contribution in [3.63, 3.8) is 0 Å². The highest BCUT2D eigenvalue weighted by molar-refractivity contribution is 5.86. The summed E-state index contributed by atoms with van der Waals surface area (Å²) in [6, 6.07) is 0. The lowest BCUT2D eigenvalue weighted by molar-refractivity contribution is -0.151. The molecule has 0 amide bonds. The average Bonchev–Trinajstić information content (AvgIpc) is 2.58. The van der Waals surface area contributed by atoms with Crippen molar-refractivity contribution in [2.75, 3.05) is 6.61 Å². The van der Waals surface area contributed by atoms with Gasteiger partial charge in [-0.1, -0.05) is 13.0 Å². The number of aliphatic carboxylic acids is 1. The zero-order valence-corrected chi connectivity index (χ0v) is 11.1. The summed E-state index contributed by atoms with van der Waals surface area (Å²) in [6.45, 7) is 3.69. The van der Waals surface area contributed by atoms with Gasteiger partial charge in [0, 0.05) is 24.5 Å². The Balaban J connectivity index is 2.72. The summed E-state index contributed by atoms with van der Waals surface area (Å²) in [4.78, 5) is 22.6. The molecule has 0 aromatic rings. The number of cyclic esters (lactones) is 1. The number of carbonyl (C=O) groups is 2. The average molecular weight is 270 g/mol. The van der Waals surface area contributed by atoms with Gasteiger partial charge in [0.05, 0.1) is 0 Å². The summed E-state index contributed by atoms with van der Waals surface area (Å²) in [6.07, 6.45) is 4.23. The molecule has 0 saturated carbocycles. The molecular weight excluding hydrogens is 248 g/mol. The molecule has 5 nitrogen and oxygen atoms in total. The summed E-state index contributed by atoms with van der Waals surface area (Å²) >= 11 is 0. The van der Waals surface area contributed by atoms with E-state index in [1.807, 2.05) is 0 Å². The van der Waals surface area contributed by atoms with Crippen LogP contribution in [-0.4, -0.2) is 34.9 Å². The van der Waals surface area contributed by atoms with E-state index in [9.17, 15) is 9.59 Å². The third kappa shape index (κ3) is 5.03. The van der Waals surface area contributed by atoms with Gasteiger partial charge in [-0.15, -0.1) is 0 Å². The van der Waals surface area contributed by atoms with Gasteiger partial charge in [-0.25, -0.2) is 4.79 Å². The standard InChI is InChI=1S/C14H22O5/c1-10(14(17)18)11(6-4-5-9-15)12-7-2-3-8-13(16)19-12/h11-12,15H,1-9H2,(H,17,18). The Morgan fingerprint density at radius 2 is 2.16 bits per heavy atom. The SMILES string of the molecule is C=C(C(=O)O)C(CCCCO)C1CCCCC(=O)O1. The van der Waals surface area contributed by atoms with Crippen molar-refractivity contribution in [1.82, 2.24) is 0 Å². The molecule has 0 radical (unpaired) electrons. The second-order valence-electron chi connectivity index (χ2n) is 4.93. The van der Waals surface area contributed by atoms with Gasteiger partial charge in [-0.2, -0.15) is 0 Å². The Morgan fingerprint density at radius 3 is 2.79 bits per heavy atom. The molecule has 0 aliphatic carbocycles. The largest absolute Gasteiger partial charge is 0.478 e. The van der Waals surface area contributed by atoms with Gasteiger partial charge in [0.25, 0.3) is 0 Å². The quantitative estimate of drug-likeness (QED) is 0.419. The Morgan fingerprint density at radius 1 is 1.42 bits per heavy atom. The van der Waals surface area contributed by atoms with Crippen molar-refractivity contribution < 1.29 is 24.5 Å². The Labute approximate surface area is 113 Å². The maximum atomic E-state index is 11.5. The van der Waals surface area contributed by atoms with E-state index in [1.165, 1.54) is 0 Å². The summed E-state index contributed by atoms with van der Waals surface area (Å²) in [7, 11) is 0. The summed E-state index contributed by atoms with van der Waals surface area (Å²) < 4.78 is 5.35. The Bertz CT molecular complexity index is 337. The van der Waals surface area contributed by atoms with Gasteiger partial charge in [0.2, 0.25) is 0 Å². The molecule has 1 heterocycles. The first-order valence-corrected chi connectivity index (χ1v) is 6.78. The van der Waals surface area contributed by atoms with Crippen LogP contribution in [0.25, 0.3) is 0 Å². The number of aliphatic hydroxyl groups is 1. The Hall–Kier alpha value is -1.36. The number of carbonyl (C=O) groups excluding carboxylic acids is 1. The molecule has 1 aliphatic rings. The predicted molar refractivity (Wildman–Crippen MR) is 69.6 cm³/mol. The van der Waals surface area contributed by atoms with E-state index in [1.54, 1.807) is 0 Å². The highest BCUT2D eigenvalue weighted by Gasteiger charge is 2.31. The molecule has 1 rings (SSSR count). The van der Waals surface area contributed by atoms with E-state index in [4.69, 9.17) is 14.9 Å². The number of esters is 1. The lowest BCUT2D eigenvalue weighted by atomic mass is 9.87. The molecule has 108 valence electrons. The van der Waals surface area contributed by atoms with Crippen molar-refractivity contribution in [3.05, 3.63) is 12.2 Å². The van der Waals surface area contributed by atoms with Gasteiger partial charge in [0.1, 0.15) is 6.10 Å². The van der Waals surface area contributed by atoms with Crippen molar-refractivity contribution >= 4 is 11.9 Å². The van der Waals surface area contributed by atoms with Crippen LogP contribution in [0, 0.1) is 5.92 Å². The molecule has 1 aliphatic heterocycles. The minimum atomic E-state index is -1.05. The number of aliphatic hydroxyl groups excluding tert-OH is 1. The maximum absolute atomic E-state index is 11.5. The van der Waals surface area contributed by atoms with Gasteiger partial charge in [-0.05, 0) is 32.1 Å². The normalized spacial score (nSPS) is 21.3. The van der Waals surface area contributed by atoms with E-state index < -0.39 is 12.1 Å². The van der Waals surface area contributed by atoms with Crippen molar-refractivity contribution in [2.24, 2.45) is 5.92 Å². The number of ether oxygens (including phenoxy) is 1. The van der Waals surface area contributed by atoms with Crippen LogP contribution in [-0.2, 0) is 14.3 Å². The molecule has 2 N–H and O–H groups in total. The summed E-state index contributed by atoms with van der Waals surface area (Å²) in [5, 5.41) is 17.9. The predicted octanol–water partition coefficient (Wildman–Crippen LogP) is 1.89. The highest BCUT2D eigenvalue weighted by atomic mass is 16.5. The summed E-state index contributed by atoms with van der Waals surface area (Å²) in [5.74, 6) is -1.66. The van der Waals surface area contributed by atoms with Crippen molar-refractivity contribution in [1.29, 1.82) is 0 Å². The van der Waals surface area contributed by atoms with Gasteiger partial charge in [0.15, 0.2) is 0 Å². The van der Waals surface area contributed by atoms with Crippen LogP contribution >= 0.6 is 0 Å². The van der Waals surface area contributed by atoms with Crippen LogP contribution in [0.1, 0.15) is 44.9 Å². The number of unbranched alkanes of at least 4 members (excludes halogenated alkanes) is 1. The first kappa shape index (κ1) is 15.7. The molecule has 0 spiro atoms. The van der Waals surface area contributed by atoms with E-state index in [0.717, 1.165) is 12.8 Å². The molecular formula is C14H22O5. The number of carboxylic acids is 1. The minimum absolute atomic E-state index is 0.0801. The number of hydrogen-bond donors (Lipinski definition) is 2. The second-order valence-corrected chi connectivity index (χ2v) is 4.93. The zero-order valence-electron chi connectivity index (χ0n) is 11.1. The molecule has 2 atom stereocenters. The molecule has 19 heavy (non-hydrogen) atoms. The monoisotopic (exact) mass is 270 g/mol. The van der Waals surface area contributed by atoms with Crippen LogP contribution in [0.5, 0.6) is 0 Å². The van der Waals surface area contributed by atoms with Crippen LogP contribution in [0.3, 0.4) is 0 Å². The van der Waals surface area contributed by atoms with Crippen LogP contribution < -0.4 is 0 Å². The lowest BCUT2D eigenvalue weighted by Gasteiger charge is -2.26. The lowest BCUT2D eigenvalue weighted by Crippen LogP contribution is -2.29. The smallest absolute Gasteiger partial charge is 0.331 e. The van der Waals surface area contributed by atoms with E-state index in [2.05, 4.69) is 6.58 Å². The maximum Gasteiger partial charge on any atom is 0.331 e. The molecule has 2 unspecified atom stereocenters. The first-order valence-electron chi connectivity index (χ1n) is 6.78. The fourth-order valence-corrected chi connectivity index (χ4v) is 2.40. The zero-order chi connectivity index (χ0) is 14.3. The van der Waals surface area contributed by atoms with E-state index in [0.29, 0.717) is 32.1 Å². The van der Waals surface area contributed by atoms with E-state index in [-0.39, 0.29) is 24.1 Å².